The van der Waals surface area contributed by atoms with Crippen molar-refractivity contribution in [1.82, 2.24) is 10.2 Å². The number of hydrogen-bond acceptors (Lipinski definition) is 6. The second kappa shape index (κ2) is 11.7. The number of alkyl carbamates (subject to hydrolysis) is 1. The van der Waals surface area contributed by atoms with Gasteiger partial charge in [-0.2, -0.15) is 12.6 Å². The Morgan fingerprint density at radius 1 is 1.14 bits per heavy atom. The van der Waals surface area contributed by atoms with Gasteiger partial charge in [-0.15, -0.1) is 0 Å². The van der Waals surface area contributed by atoms with Crippen molar-refractivity contribution >= 4 is 36.2 Å². The SMILES string of the molecule is Cc1ccccc1NC(=O)C(c1cccc(O)c1)N(C(=O)C(CS)NC(=O)OC(C)(C)C)C1CCC1. The van der Waals surface area contributed by atoms with Crippen molar-refractivity contribution in [3.63, 3.8) is 0 Å². The number of phenols is 1. The number of anilines is 1. The number of aromatic hydroxyl groups is 1. The quantitative estimate of drug-likeness (QED) is 0.387. The molecule has 1 fully saturated rings. The van der Waals surface area contributed by atoms with Crippen LogP contribution < -0.4 is 10.6 Å². The molecule has 3 rings (SSSR count). The number of para-hydroxylation sites is 1. The topological polar surface area (TPSA) is 108 Å². The highest BCUT2D eigenvalue weighted by Gasteiger charge is 2.42. The number of nitrogens with zero attached hydrogens (tertiary/aromatic N) is 1. The van der Waals surface area contributed by atoms with E-state index in [9.17, 15) is 19.5 Å². The minimum Gasteiger partial charge on any atom is -0.508 e. The van der Waals surface area contributed by atoms with Crippen LogP contribution in [0.5, 0.6) is 5.75 Å². The van der Waals surface area contributed by atoms with Crippen LogP contribution in [0.15, 0.2) is 48.5 Å². The highest BCUT2D eigenvalue weighted by Crippen LogP contribution is 2.35. The molecule has 0 spiro atoms. The smallest absolute Gasteiger partial charge is 0.408 e. The summed E-state index contributed by atoms with van der Waals surface area (Å²) in [5.41, 5.74) is 1.24. The van der Waals surface area contributed by atoms with Crippen LogP contribution in [0.25, 0.3) is 0 Å². The Hall–Kier alpha value is -3.20. The van der Waals surface area contributed by atoms with E-state index in [1.54, 1.807) is 39.0 Å². The van der Waals surface area contributed by atoms with Gasteiger partial charge in [0, 0.05) is 17.5 Å². The van der Waals surface area contributed by atoms with Gasteiger partial charge in [0.15, 0.2) is 0 Å². The van der Waals surface area contributed by atoms with Crippen LogP contribution in [0.4, 0.5) is 10.5 Å². The maximum absolute atomic E-state index is 13.9. The average molecular weight is 514 g/mol. The molecule has 8 nitrogen and oxygen atoms in total. The minimum atomic E-state index is -1.03. The number of ether oxygens (including phenoxy) is 1. The first-order chi connectivity index (χ1) is 17.0. The molecule has 2 aromatic rings. The summed E-state index contributed by atoms with van der Waals surface area (Å²) in [5.74, 6) is -0.841. The number of rotatable bonds is 8. The second-order valence-electron chi connectivity index (χ2n) is 10.0. The Morgan fingerprint density at radius 2 is 1.83 bits per heavy atom. The van der Waals surface area contributed by atoms with E-state index in [2.05, 4.69) is 23.3 Å². The third-order valence-corrected chi connectivity index (χ3v) is 6.37. The maximum Gasteiger partial charge on any atom is 0.408 e. The van der Waals surface area contributed by atoms with Gasteiger partial charge in [0.1, 0.15) is 23.4 Å². The molecular formula is C27H35N3O5S. The molecule has 0 bridgehead atoms. The lowest BCUT2D eigenvalue weighted by Gasteiger charge is -2.43. The van der Waals surface area contributed by atoms with Crippen molar-refractivity contribution in [2.24, 2.45) is 0 Å². The van der Waals surface area contributed by atoms with Gasteiger partial charge in [0.05, 0.1) is 0 Å². The fourth-order valence-electron chi connectivity index (χ4n) is 4.05. The third kappa shape index (κ3) is 6.94. The Labute approximate surface area is 217 Å². The molecule has 2 aromatic carbocycles. The Bertz CT molecular complexity index is 1100. The van der Waals surface area contributed by atoms with Crippen LogP contribution in [0.1, 0.15) is 57.2 Å². The van der Waals surface area contributed by atoms with Gasteiger partial charge < -0.3 is 25.4 Å². The van der Waals surface area contributed by atoms with Gasteiger partial charge in [0.25, 0.3) is 5.91 Å². The number of amides is 3. The normalized spacial score (nSPS) is 15.2. The highest BCUT2D eigenvalue weighted by atomic mass is 32.1. The van der Waals surface area contributed by atoms with Gasteiger partial charge in [-0.3, -0.25) is 9.59 Å². The molecule has 3 amide bonds. The first-order valence-corrected chi connectivity index (χ1v) is 12.7. The number of phenolic OH excluding ortho intramolecular Hbond substituents is 1. The van der Waals surface area contributed by atoms with Gasteiger partial charge in [0.2, 0.25) is 5.91 Å². The largest absolute Gasteiger partial charge is 0.508 e. The predicted molar refractivity (Wildman–Crippen MR) is 142 cm³/mol. The van der Waals surface area contributed by atoms with Crippen molar-refractivity contribution < 1.29 is 24.2 Å². The number of nitrogens with one attached hydrogen (secondary N) is 2. The summed E-state index contributed by atoms with van der Waals surface area (Å²) in [6, 6.07) is 11.5. The van der Waals surface area contributed by atoms with Gasteiger partial charge >= 0.3 is 6.09 Å². The van der Waals surface area contributed by atoms with E-state index >= 15 is 0 Å². The van der Waals surface area contributed by atoms with E-state index in [4.69, 9.17) is 4.74 Å². The lowest BCUT2D eigenvalue weighted by Crippen LogP contribution is -2.57. The Kier molecular flexibility index (Phi) is 8.89. The van der Waals surface area contributed by atoms with Crippen LogP contribution >= 0.6 is 12.6 Å². The first-order valence-electron chi connectivity index (χ1n) is 12.1. The second-order valence-corrected chi connectivity index (χ2v) is 10.4. The molecule has 0 radical (unpaired) electrons. The number of thiol groups is 1. The fraction of sp³-hybridized carbons (Fsp3) is 0.444. The molecule has 194 valence electrons. The van der Waals surface area contributed by atoms with E-state index < -0.39 is 35.6 Å². The number of aryl methyl sites for hydroxylation is 1. The number of carbonyl (C=O) groups excluding carboxylic acids is 3. The third-order valence-electron chi connectivity index (χ3n) is 6.01. The molecule has 0 heterocycles. The van der Waals surface area contributed by atoms with Crippen LogP contribution in [0, 0.1) is 6.92 Å². The van der Waals surface area contributed by atoms with Crippen LogP contribution in [0.3, 0.4) is 0 Å². The molecule has 36 heavy (non-hydrogen) atoms. The molecule has 1 saturated carbocycles. The van der Waals surface area contributed by atoms with Crippen molar-refractivity contribution in [1.29, 1.82) is 0 Å². The molecule has 9 heteroatoms. The molecule has 0 aromatic heterocycles. The summed E-state index contributed by atoms with van der Waals surface area (Å²) in [4.78, 5) is 41.7. The minimum absolute atomic E-state index is 0.0141. The van der Waals surface area contributed by atoms with Gasteiger partial charge in [-0.1, -0.05) is 30.3 Å². The monoisotopic (exact) mass is 513 g/mol. The standard InChI is InChI=1S/C27H35N3O5S/c1-17-9-5-6-14-21(17)28-24(32)23(18-10-7-13-20(31)15-18)30(19-11-8-12-19)25(33)22(16-36)29-26(34)35-27(2,3)4/h5-7,9-10,13-15,19,22-23,31,36H,8,11-12,16H2,1-4H3,(H,28,32)(H,29,34). The summed E-state index contributed by atoms with van der Waals surface area (Å²) in [5, 5.41) is 15.7. The van der Waals surface area contributed by atoms with Crippen molar-refractivity contribution in [3.8, 4) is 5.75 Å². The van der Waals surface area contributed by atoms with Crippen LogP contribution in [0.2, 0.25) is 0 Å². The van der Waals surface area contributed by atoms with Crippen molar-refractivity contribution in [2.45, 2.75) is 70.7 Å². The summed E-state index contributed by atoms with van der Waals surface area (Å²) < 4.78 is 5.33. The number of carbonyl (C=O) groups is 3. The maximum atomic E-state index is 13.9. The lowest BCUT2D eigenvalue weighted by molar-refractivity contribution is -0.145. The summed E-state index contributed by atoms with van der Waals surface area (Å²) >= 11 is 4.31. The number of hydrogen-bond donors (Lipinski definition) is 4. The Morgan fingerprint density at radius 3 is 2.39 bits per heavy atom. The van der Waals surface area contributed by atoms with E-state index in [1.165, 1.54) is 17.0 Å². The first kappa shape index (κ1) is 27.4. The van der Waals surface area contributed by atoms with E-state index in [0.29, 0.717) is 11.3 Å². The lowest BCUT2D eigenvalue weighted by atomic mass is 9.88. The zero-order valence-corrected chi connectivity index (χ0v) is 22.0. The summed E-state index contributed by atoms with van der Waals surface area (Å²) in [6.07, 6.45) is 1.64. The molecule has 3 N–H and O–H groups in total. The molecule has 0 aliphatic heterocycles. The highest BCUT2D eigenvalue weighted by molar-refractivity contribution is 7.80. The molecular weight excluding hydrogens is 478 g/mol. The van der Waals surface area contributed by atoms with Gasteiger partial charge in [-0.05, 0) is 76.3 Å². The summed E-state index contributed by atoms with van der Waals surface area (Å²) in [6.45, 7) is 7.09. The molecule has 2 unspecified atom stereocenters. The summed E-state index contributed by atoms with van der Waals surface area (Å²) in [7, 11) is 0. The van der Waals surface area contributed by atoms with Crippen LogP contribution in [-0.4, -0.2) is 51.4 Å². The molecule has 2 atom stereocenters. The average Bonchev–Trinajstić information content (AvgIpc) is 2.76. The fourth-order valence-corrected chi connectivity index (χ4v) is 4.29. The van der Waals surface area contributed by atoms with Crippen molar-refractivity contribution in [3.05, 3.63) is 59.7 Å². The predicted octanol–water partition coefficient (Wildman–Crippen LogP) is 4.58. The van der Waals surface area contributed by atoms with Gasteiger partial charge in [-0.25, -0.2) is 4.79 Å². The zero-order valence-electron chi connectivity index (χ0n) is 21.2. The van der Waals surface area contributed by atoms with Crippen molar-refractivity contribution in [2.75, 3.05) is 11.1 Å². The van der Waals surface area contributed by atoms with E-state index in [0.717, 1.165) is 24.8 Å². The van der Waals surface area contributed by atoms with Crippen LogP contribution in [-0.2, 0) is 14.3 Å². The van der Waals surface area contributed by atoms with E-state index in [1.807, 2.05) is 25.1 Å². The molecule has 1 aliphatic carbocycles. The zero-order chi connectivity index (χ0) is 26.5. The number of benzene rings is 2. The molecule has 1 aliphatic rings. The van der Waals surface area contributed by atoms with E-state index in [-0.39, 0.29) is 17.5 Å². The molecule has 0 saturated heterocycles. The Balaban J connectivity index is 1.98.